The van der Waals surface area contributed by atoms with Crippen molar-refractivity contribution in [1.82, 2.24) is 15.5 Å². The summed E-state index contributed by atoms with van der Waals surface area (Å²) in [6.07, 6.45) is -0.562. The fourth-order valence-electron chi connectivity index (χ4n) is 1.96. The molecule has 1 fully saturated rings. The highest BCUT2D eigenvalue weighted by Gasteiger charge is 2.13. The molecule has 2 rings (SSSR count). The van der Waals surface area contributed by atoms with Gasteiger partial charge < -0.3 is 24.8 Å². The lowest BCUT2D eigenvalue weighted by molar-refractivity contribution is 0.101. The van der Waals surface area contributed by atoms with E-state index in [0.29, 0.717) is 18.5 Å². The zero-order valence-electron chi connectivity index (χ0n) is 12.7. The van der Waals surface area contributed by atoms with Crippen molar-refractivity contribution in [3.8, 4) is 5.88 Å². The topological polar surface area (TPSA) is 79.7 Å². The van der Waals surface area contributed by atoms with Crippen molar-refractivity contribution in [2.45, 2.75) is 26.0 Å². The predicted octanol–water partition coefficient (Wildman–Crippen LogP) is 0.0509. The summed E-state index contributed by atoms with van der Waals surface area (Å²) in [5.74, 6) is 1.25. The third-order valence-electron chi connectivity index (χ3n) is 3.15. The molecule has 7 nitrogen and oxygen atoms in total. The van der Waals surface area contributed by atoms with E-state index in [-0.39, 0.29) is 6.61 Å². The number of rotatable bonds is 7. The van der Waals surface area contributed by atoms with Gasteiger partial charge in [0.15, 0.2) is 5.82 Å². The number of nitrogens with zero attached hydrogens (tertiary/aromatic N) is 3. The van der Waals surface area contributed by atoms with Crippen LogP contribution in [0.3, 0.4) is 0 Å². The number of hydrogen-bond acceptors (Lipinski definition) is 7. The molecule has 0 aromatic carbocycles. The minimum Gasteiger partial charge on any atom is -0.474 e. The monoisotopic (exact) mass is 296 g/mol. The van der Waals surface area contributed by atoms with Gasteiger partial charge in [-0.1, -0.05) is 13.8 Å². The molecule has 0 saturated carbocycles. The molecule has 2 N–H and O–H groups in total. The number of aromatic nitrogens is 2. The molecule has 1 aliphatic heterocycles. The second-order valence-electron chi connectivity index (χ2n) is 5.36. The van der Waals surface area contributed by atoms with Crippen LogP contribution >= 0.6 is 0 Å². The third-order valence-corrected chi connectivity index (χ3v) is 3.15. The van der Waals surface area contributed by atoms with Crippen LogP contribution in [0.2, 0.25) is 0 Å². The van der Waals surface area contributed by atoms with Gasteiger partial charge in [-0.25, -0.2) is 0 Å². The molecule has 2 heterocycles. The Morgan fingerprint density at radius 3 is 2.71 bits per heavy atom. The highest BCUT2D eigenvalue weighted by Crippen LogP contribution is 2.14. The Balaban J connectivity index is 1.76. The number of aliphatic hydroxyl groups excluding tert-OH is 1. The summed E-state index contributed by atoms with van der Waals surface area (Å²) >= 11 is 0. The van der Waals surface area contributed by atoms with Gasteiger partial charge in [0.2, 0.25) is 5.88 Å². The van der Waals surface area contributed by atoms with Gasteiger partial charge in [0, 0.05) is 31.7 Å². The Hall–Kier alpha value is -1.44. The maximum absolute atomic E-state index is 9.76. The Morgan fingerprint density at radius 1 is 1.33 bits per heavy atom. The maximum atomic E-state index is 9.76. The van der Waals surface area contributed by atoms with E-state index in [2.05, 4.69) is 20.4 Å². The number of ether oxygens (including phenoxy) is 2. The van der Waals surface area contributed by atoms with Crippen LogP contribution in [0.4, 0.5) is 5.82 Å². The Bertz CT molecular complexity index is 407. The van der Waals surface area contributed by atoms with Crippen molar-refractivity contribution in [2.75, 3.05) is 44.4 Å². The second-order valence-corrected chi connectivity index (χ2v) is 5.36. The van der Waals surface area contributed by atoms with Crippen LogP contribution in [0.25, 0.3) is 0 Å². The number of aliphatic hydroxyl groups is 1. The summed E-state index contributed by atoms with van der Waals surface area (Å²) in [7, 11) is 0. The van der Waals surface area contributed by atoms with E-state index in [1.54, 1.807) is 6.07 Å². The van der Waals surface area contributed by atoms with Crippen LogP contribution in [-0.4, -0.2) is 66.9 Å². The molecular weight excluding hydrogens is 272 g/mol. The molecule has 0 amide bonds. The highest BCUT2D eigenvalue weighted by molar-refractivity contribution is 5.38. The maximum Gasteiger partial charge on any atom is 0.233 e. The van der Waals surface area contributed by atoms with E-state index >= 15 is 0 Å². The lowest BCUT2D eigenvalue weighted by atomic mass is 10.3. The summed E-state index contributed by atoms with van der Waals surface area (Å²) in [6, 6.07) is 4.00. The molecule has 1 aliphatic rings. The summed E-state index contributed by atoms with van der Waals surface area (Å²) < 4.78 is 10.7. The second kappa shape index (κ2) is 8.11. The van der Waals surface area contributed by atoms with Crippen molar-refractivity contribution >= 4 is 5.82 Å². The minimum atomic E-state index is -0.562. The van der Waals surface area contributed by atoms with Crippen LogP contribution in [0, 0.1) is 0 Å². The molecule has 1 saturated heterocycles. The van der Waals surface area contributed by atoms with Crippen LogP contribution < -0.4 is 15.0 Å². The first-order valence-electron chi connectivity index (χ1n) is 7.36. The van der Waals surface area contributed by atoms with Crippen LogP contribution in [-0.2, 0) is 4.74 Å². The van der Waals surface area contributed by atoms with Gasteiger partial charge in [0.05, 0.1) is 13.2 Å². The smallest absolute Gasteiger partial charge is 0.233 e. The number of hydrogen-bond donors (Lipinski definition) is 2. The summed E-state index contributed by atoms with van der Waals surface area (Å²) in [5, 5.41) is 21.1. The van der Waals surface area contributed by atoms with Crippen molar-refractivity contribution in [3.63, 3.8) is 0 Å². The van der Waals surface area contributed by atoms with Crippen molar-refractivity contribution < 1.29 is 14.6 Å². The standard InChI is InChI=1S/C14H24N4O3/c1-11(2)15-9-12(19)10-21-14-4-3-13(16-17-14)18-5-7-20-8-6-18/h3-4,11-12,15,19H,5-10H2,1-2H3. The van der Waals surface area contributed by atoms with Crippen molar-refractivity contribution in [3.05, 3.63) is 12.1 Å². The van der Waals surface area contributed by atoms with E-state index in [1.165, 1.54) is 0 Å². The van der Waals surface area contributed by atoms with Gasteiger partial charge in [-0.15, -0.1) is 10.2 Å². The first kappa shape index (κ1) is 15.9. The molecule has 0 radical (unpaired) electrons. The molecule has 1 unspecified atom stereocenters. The normalized spacial score (nSPS) is 17.0. The molecule has 7 heteroatoms. The molecular formula is C14H24N4O3. The Morgan fingerprint density at radius 2 is 2.10 bits per heavy atom. The lowest BCUT2D eigenvalue weighted by Crippen LogP contribution is -2.37. The SMILES string of the molecule is CC(C)NCC(O)COc1ccc(N2CCOCC2)nn1. The zero-order valence-corrected chi connectivity index (χ0v) is 12.7. The van der Waals surface area contributed by atoms with E-state index in [4.69, 9.17) is 9.47 Å². The molecule has 0 bridgehead atoms. The number of morpholine rings is 1. The molecule has 118 valence electrons. The third kappa shape index (κ3) is 5.45. The quantitative estimate of drug-likeness (QED) is 0.736. The summed E-state index contributed by atoms with van der Waals surface area (Å²) in [4.78, 5) is 2.13. The Labute approximate surface area is 125 Å². The van der Waals surface area contributed by atoms with Gasteiger partial charge >= 0.3 is 0 Å². The van der Waals surface area contributed by atoms with Gasteiger partial charge in [0.1, 0.15) is 12.7 Å². The van der Waals surface area contributed by atoms with Crippen molar-refractivity contribution in [1.29, 1.82) is 0 Å². The van der Waals surface area contributed by atoms with E-state index < -0.39 is 6.10 Å². The fourth-order valence-corrected chi connectivity index (χ4v) is 1.96. The highest BCUT2D eigenvalue weighted by atomic mass is 16.5. The molecule has 1 aromatic rings. The van der Waals surface area contributed by atoms with Gasteiger partial charge in [0.25, 0.3) is 0 Å². The largest absolute Gasteiger partial charge is 0.474 e. The number of anilines is 1. The average Bonchev–Trinajstić information content (AvgIpc) is 2.52. The molecule has 21 heavy (non-hydrogen) atoms. The number of nitrogens with one attached hydrogen (secondary N) is 1. The summed E-state index contributed by atoms with van der Waals surface area (Å²) in [5.41, 5.74) is 0. The molecule has 1 aromatic heterocycles. The summed E-state index contributed by atoms with van der Waals surface area (Å²) in [6.45, 7) is 7.85. The van der Waals surface area contributed by atoms with Crippen molar-refractivity contribution in [2.24, 2.45) is 0 Å². The van der Waals surface area contributed by atoms with Crippen LogP contribution in [0.5, 0.6) is 5.88 Å². The lowest BCUT2D eigenvalue weighted by Gasteiger charge is -2.27. The Kier molecular flexibility index (Phi) is 6.16. The van der Waals surface area contributed by atoms with Gasteiger partial charge in [-0.2, -0.15) is 0 Å². The molecule has 0 spiro atoms. The predicted molar refractivity (Wildman–Crippen MR) is 79.7 cm³/mol. The van der Waals surface area contributed by atoms with Gasteiger partial charge in [-0.05, 0) is 6.07 Å². The molecule has 0 aliphatic carbocycles. The molecule has 1 atom stereocenters. The zero-order chi connectivity index (χ0) is 15.1. The van der Waals surface area contributed by atoms with Gasteiger partial charge in [-0.3, -0.25) is 0 Å². The van der Waals surface area contributed by atoms with E-state index in [0.717, 1.165) is 32.1 Å². The fraction of sp³-hybridized carbons (Fsp3) is 0.714. The average molecular weight is 296 g/mol. The minimum absolute atomic E-state index is 0.200. The first-order valence-corrected chi connectivity index (χ1v) is 7.36. The first-order chi connectivity index (χ1) is 10.1. The van der Waals surface area contributed by atoms with Crippen LogP contribution in [0.1, 0.15) is 13.8 Å². The van der Waals surface area contributed by atoms with E-state index in [9.17, 15) is 5.11 Å². The van der Waals surface area contributed by atoms with E-state index in [1.807, 2.05) is 19.9 Å². The van der Waals surface area contributed by atoms with Crippen LogP contribution in [0.15, 0.2) is 12.1 Å².